The largest absolute Gasteiger partial charge is 0.300 e. The summed E-state index contributed by atoms with van der Waals surface area (Å²) in [5, 5.41) is 9.21. The zero-order valence-corrected chi connectivity index (χ0v) is 11.3. The fraction of sp³-hybridized carbons (Fsp3) is 0.538. The Hall–Kier alpha value is -1.13. The summed E-state index contributed by atoms with van der Waals surface area (Å²) in [5.74, 6) is 1.01. The Kier molecular flexibility index (Phi) is 3.22. The van der Waals surface area contributed by atoms with Gasteiger partial charge in [-0.2, -0.15) is 0 Å². The van der Waals surface area contributed by atoms with Gasteiger partial charge in [0.25, 0.3) is 0 Å². The van der Waals surface area contributed by atoms with E-state index in [4.69, 9.17) is 11.6 Å². The molecule has 1 atom stereocenters. The first-order valence-electron chi connectivity index (χ1n) is 6.51. The van der Waals surface area contributed by atoms with Crippen molar-refractivity contribution in [1.82, 2.24) is 19.5 Å². The molecule has 1 saturated heterocycles. The molecule has 1 aliphatic heterocycles. The lowest BCUT2D eigenvalue weighted by Gasteiger charge is -2.21. The highest BCUT2D eigenvalue weighted by Crippen LogP contribution is 2.21. The quantitative estimate of drug-likeness (QED) is 0.854. The van der Waals surface area contributed by atoms with Crippen LogP contribution in [0.5, 0.6) is 0 Å². The van der Waals surface area contributed by atoms with Gasteiger partial charge >= 0.3 is 0 Å². The summed E-state index contributed by atoms with van der Waals surface area (Å²) in [5.41, 5.74) is 0.871. The second-order valence-corrected chi connectivity index (χ2v) is 5.26. The molecule has 1 unspecified atom stereocenters. The minimum Gasteiger partial charge on any atom is -0.300 e. The van der Waals surface area contributed by atoms with Gasteiger partial charge in [0.05, 0.1) is 5.02 Å². The summed E-state index contributed by atoms with van der Waals surface area (Å²) < 4.78 is 2.01. The van der Waals surface area contributed by atoms with Crippen LogP contribution in [0.25, 0.3) is 5.65 Å². The van der Waals surface area contributed by atoms with Crippen molar-refractivity contribution in [3.8, 4) is 0 Å². The minimum absolute atomic E-state index is 0.599. The van der Waals surface area contributed by atoms with E-state index in [9.17, 15) is 0 Å². The number of pyridine rings is 1. The van der Waals surface area contributed by atoms with E-state index in [1.165, 1.54) is 19.4 Å². The maximum atomic E-state index is 6.03. The molecule has 0 amide bonds. The molecule has 0 aromatic carbocycles. The summed E-state index contributed by atoms with van der Waals surface area (Å²) in [6.07, 6.45) is 5.39. The maximum Gasteiger partial charge on any atom is 0.160 e. The molecule has 0 saturated carbocycles. The summed E-state index contributed by atoms with van der Waals surface area (Å²) in [6, 6.07) is 4.36. The van der Waals surface area contributed by atoms with Crippen LogP contribution in [0.1, 0.15) is 25.6 Å². The molecule has 3 rings (SSSR count). The first-order chi connectivity index (χ1) is 8.78. The number of likely N-dealkylation sites (N-methyl/N-ethyl adjacent to an activating group) is 1. The van der Waals surface area contributed by atoms with E-state index in [-0.39, 0.29) is 0 Å². The van der Waals surface area contributed by atoms with Crippen LogP contribution < -0.4 is 0 Å². The summed E-state index contributed by atoms with van der Waals surface area (Å²) in [4.78, 5) is 2.52. The lowest BCUT2D eigenvalue weighted by molar-refractivity contribution is 0.263. The molecule has 18 heavy (non-hydrogen) atoms. The van der Waals surface area contributed by atoms with Crippen molar-refractivity contribution in [2.75, 3.05) is 13.1 Å². The number of hydrogen-bond donors (Lipinski definition) is 0. The van der Waals surface area contributed by atoms with Gasteiger partial charge in [-0.25, -0.2) is 0 Å². The van der Waals surface area contributed by atoms with E-state index in [2.05, 4.69) is 22.0 Å². The van der Waals surface area contributed by atoms with E-state index >= 15 is 0 Å². The van der Waals surface area contributed by atoms with Crippen LogP contribution in [0.2, 0.25) is 5.02 Å². The Balaban J connectivity index is 1.88. The van der Waals surface area contributed by atoms with Crippen molar-refractivity contribution in [2.45, 2.75) is 32.2 Å². The number of likely N-dealkylation sites (tertiary alicyclic amines) is 1. The molecule has 2 aromatic heterocycles. The van der Waals surface area contributed by atoms with Crippen molar-refractivity contribution in [1.29, 1.82) is 0 Å². The lowest BCUT2D eigenvalue weighted by atomic mass is 10.1. The lowest BCUT2D eigenvalue weighted by Crippen LogP contribution is -2.31. The molecule has 4 nitrogen and oxygen atoms in total. The Morgan fingerprint density at radius 3 is 3.11 bits per heavy atom. The van der Waals surface area contributed by atoms with Crippen LogP contribution in [0.15, 0.2) is 18.3 Å². The maximum absolute atomic E-state index is 6.03. The Bertz CT molecular complexity index is 551. The van der Waals surface area contributed by atoms with Crippen molar-refractivity contribution in [3.05, 3.63) is 29.2 Å². The van der Waals surface area contributed by atoms with Crippen LogP contribution >= 0.6 is 11.6 Å². The highest BCUT2D eigenvalue weighted by molar-refractivity contribution is 6.30. The highest BCUT2D eigenvalue weighted by atomic mass is 35.5. The SMILES string of the molecule is CCN1CCCC1Cc1nnc2ccc(Cl)cn12. The second-order valence-electron chi connectivity index (χ2n) is 4.82. The van der Waals surface area contributed by atoms with Gasteiger partial charge in [-0.3, -0.25) is 4.40 Å². The molecule has 96 valence electrons. The average Bonchev–Trinajstić information content (AvgIpc) is 2.97. The zero-order valence-electron chi connectivity index (χ0n) is 10.5. The van der Waals surface area contributed by atoms with Gasteiger partial charge in [0.1, 0.15) is 5.82 Å². The second kappa shape index (κ2) is 4.86. The van der Waals surface area contributed by atoms with Gasteiger partial charge in [0.2, 0.25) is 0 Å². The number of rotatable bonds is 3. The van der Waals surface area contributed by atoms with E-state index < -0.39 is 0 Å². The number of hydrogen-bond acceptors (Lipinski definition) is 3. The van der Waals surface area contributed by atoms with Gasteiger partial charge in [-0.1, -0.05) is 18.5 Å². The fourth-order valence-corrected chi connectivity index (χ4v) is 2.97. The van der Waals surface area contributed by atoms with Crippen molar-refractivity contribution in [2.24, 2.45) is 0 Å². The van der Waals surface area contributed by atoms with E-state index in [0.29, 0.717) is 6.04 Å². The summed E-state index contributed by atoms with van der Waals surface area (Å²) in [6.45, 7) is 4.54. The third kappa shape index (κ3) is 2.10. The molecule has 1 aliphatic rings. The number of aromatic nitrogens is 3. The standard InChI is InChI=1S/C13H17ClN4/c1-2-17-7-3-4-11(17)8-13-16-15-12-6-5-10(14)9-18(12)13/h5-6,9,11H,2-4,7-8H2,1H3. The molecule has 0 bridgehead atoms. The Morgan fingerprint density at radius 2 is 2.28 bits per heavy atom. The van der Waals surface area contributed by atoms with E-state index in [1.54, 1.807) is 0 Å². The molecule has 0 N–H and O–H groups in total. The van der Waals surface area contributed by atoms with Crippen molar-refractivity contribution >= 4 is 17.2 Å². The van der Waals surface area contributed by atoms with Crippen LogP contribution in [0.4, 0.5) is 0 Å². The first-order valence-corrected chi connectivity index (χ1v) is 6.89. The smallest absolute Gasteiger partial charge is 0.160 e. The predicted molar refractivity (Wildman–Crippen MR) is 72.0 cm³/mol. The molecule has 0 spiro atoms. The normalized spacial score (nSPS) is 20.9. The number of fused-ring (bicyclic) bond motifs is 1. The minimum atomic E-state index is 0.599. The molecule has 1 fully saturated rings. The fourth-order valence-electron chi connectivity index (χ4n) is 2.80. The molecular weight excluding hydrogens is 248 g/mol. The van der Waals surface area contributed by atoms with Gasteiger partial charge in [-0.05, 0) is 38.1 Å². The van der Waals surface area contributed by atoms with Crippen LogP contribution in [-0.2, 0) is 6.42 Å². The Morgan fingerprint density at radius 1 is 1.39 bits per heavy atom. The zero-order chi connectivity index (χ0) is 12.5. The molecule has 5 heteroatoms. The van der Waals surface area contributed by atoms with Crippen LogP contribution in [0.3, 0.4) is 0 Å². The highest BCUT2D eigenvalue weighted by Gasteiger charge is 2.24. The summed E-state index contributed by atoms with van der Waals surface area (Å²) >= 11 is 6.03. The molecule has 0 aliphatic carbocycles. The van der Waals surface area contributed by atoms with E-state index in [1.807, 2.05) is 22.7 Å². The van der Waals surface area contributed by atoms with Gasteiger partial charge < -0.3 is 4.90 Å². The number of nitrogens with zero attached hydrogens (tertiary/aromatic N) is 4. The molecule has 3 heterocycles. The van der Waals surface area contributed by atoms with Crippen molar-refractivity contribution < 1.29 is 0 Å². The third-order valence-electron chi connectivity index (χ3n) is 3.76. The van der Waals surface area contributed by atoms with Gasteiger partial charge in [0, 0.05) is 18.7 Å². The average molecular weight is 265 g/mol. The molecular formula is C13H17ClN4. The topological polar surface area (TPSA) is 33.4 Å². The molecule has 2 aromatic rings. The monoisotopic (exact) mass is 264 g/mol. The first kappa shape index (κ1) is 11.9. The van der Waals surface area contributed by atoms with Gasteiger partial charge in [-0.15, -0.1) is 10.2 Å². The Labute approximate surface area is 112 Å². The van der Waals surface area contributed by atoms with Gasteiger partial charge in [0.15, 0.2) is 5.65 Å². The van der Waals surface area contributed by atoms with E-state index in [0.717, 1.165) is 29.5 Å². The summed E-state index contributed by atoms with van der Waals surface area (Å²) in [7, 11) is 0. The molecule has 0 radical (unpaired) electrons. The van der Waals surface area contributed by atoms with Crippen LogP contribution in [0, 0.1) is 0 Å². The number of halogens is 1. The predicted octanol–water partition coefficient (Wildman–Crippen LogP) is 2.41. The van der Waals surface area contributed by atoms with Crippen molar-refractivity contribution in [3.63, 3.8) is 0 Å². The third-order valence-corrected chi connectivity index (χ3v) is 3.98. The van der Waals surface area contributed by atoms with Crippen LogP contribution in [-0.4, -0.2) is 38.6 Å².